The Morgan fingerprint density at radius 1 is 0.927 bits per heavy atom. The molecule has 0 radical (unpaired) electrons. The van der Waals surface area contributed by atoms with Gasteiger partial charge in [-0.2, -0.15) is 5.01 Å². The first-order valence-electron chi connectivity index (χ1n) is 13.2. The van der Waals surface area contributed by atoms with Crippen molar-refractivity contribution >= 4 is 17.6 Å². The molecule has 0 aliphatic carbocycles. The van der Waals surface area contributed by atoms with Gasteiger partial charge in [-0.25, -0.2) is 4.79 Å². The number of halogens is 1. The maximum absolute atomic E-state index is 13.4. The number of carbonyl (C=O) groups is 1. The minimum Gasteiger partial charge on any atom is -0.394 e. The standard InChI is InChI=1S/C25H38ClN3O12/c1-13(14-5-3-2-4-6-14)29(25(37)28(27-38)8-7-26)24-23(36)19(32)15(16(9-30)41-24)11-39-12-18-21(34)22(35)20(33)17(10-31)40-18/h2-6,13,15-24,30-36H,7-12H2,1H3. The van der Waals surface area contributed by atoms with Crippen LogP contribution < -0.4 is 0 Å². The number of ether oxygens (including phenoxy) is 3. The number of aliphatic hydroxyl groups is 7. The molecule has 2 aliphatic rings. The molecule has 15 nitrogen and oxygen atoms in total. The summed E-state index contributed by atoms with van der Waals surface area (Å²) in [5.74, 6) is -1.13. The normalized spacial score (nSPS) is 34.6. The quantitative estimate of drug-likeness (QED) is 0.0803. The first kappa shape index (κ1) is 33.5. The monoisotopic (exact) mass is 607 g/mol. The molecule has 232 valence electrons. The summed E-state index contributed by atoms with van der Waals surface area (Å²) in [6.45, 7) is -0.519. The fourth-order valence-electron chi connectivity index (χ4n) is 5.03. The van der Waals surface area contributed by atoms with E-state index in [1.165, 1.54) is 0 Å². The van der Waals surface area contributed by atoms with Crippen molar-refractivity contribution < 1.29 is 54.8 Å². The average Bonchev–Trinajstić information content (AvgIpc) is 2.99. The third-order valence-corrected chi connectivity index (χ3v) is 7.62. The van der Waals surface area contributed by atoms with E-state index < -0.39 is 86.3 Å². The van der Waals surface area contributed by atoms with Gasteiger partial charge in [0.1, 0.15) is 36.6 Å². The number of carbonyl (C=O) groups excluding carboxylic acids is 1. The molecule has 41 heavy (non-hydrogen) atoms. The number of aliphatic hydroxyl groups excluding tert-OH is 7. The summed E-state index contributed by atoms with van der Waals surface area (Å²) in [5, 5.41) is 75.1. The van der Waals surface area contributed by atoms with Gasteiger partial charge in [0.05, 0.1) is 56.5 Å². The van der Waals surface area contributed by atoms with Gasteiger partial charge in [0.2, 0.25) is 0 Å². The van der Waals surface area contributed by atoms with Crippen molar-refractivity contribution in [3.05, 3.63) is 40.8 Å². The molecular formula is C25H38ClN3O12. The number of amides is 2. The minimum absolute atomic E-state index is 0.102. The first-order valence-corrected chi connectivity index (χ1v) is 13.7. The molecule has 2 aliphatic heterocycles. The average molecular weight is 608 g/mol. The predicted octanol–water partition coefficient (Wildman–Crippen LogP) is -1.69. The molecule has 2 amide bonds. The molecule has 3 rings (SSSR count). The molecule has 1 aromatic rings. The molecule has 0 saturated carbocycles. The molecule has 0 aromatic heterocycles. The molecule has 2 fully saturated rings. The number of nitroso groups, excluding NO2 is 1. The van der Waals surface area contributed by atoms with Crippen molar-refractivity contribution in [3.8, 4) is 0 Å². The number of hydrogen-bond acceptors (Lipinski definition) is 13. The molecule has 11 atom stereocenters. The van der Waals surface area contributed by atoms with Crippen molar-refractivity contribution in [2.45, 2.75) is 68.0 Å². The fraction of sp³-hybridized carbons (Fsp3) is 0.720. The van der Waals surface area contributed by atoms with Crippen LogP contribution in [0.1, 0.15) is 18.5 Å². The van der Waals surface area contributed by atoms with Gasteiger partial charge in [-0.1, -0.05) is 30.3 Å². The topological polar surface area (TPSA) is 222 Å². The molecule has 11 unspecified atom stereocenters. The second-order valence-electron chi connectivity index (χ2n) is 9.97. The SMILES string of the molecule is CC(c1ccccc1)N(C(=O)N(CCCl)N=O)C1OC(CO)C(COCC2OC(CO)C(O)C(O)C2O)C(O)C1O. The molecule has 16 heteroatoms. The van der Waals surface area contributed by atoms with E-state index in [0.717, 1.165) is 4.90 Å². The van der Waals surface area contributed by atoms with Crippen molar-refractivity contribution in [1.82, 2.24) is 9.91 Å². The van der Waals surface area contributed by atoms with Crippen LogP contribution in [0.3, 0.4) is 0 Å². The van der Waals surface area contributed by atoms with Gasteiger partial charge in [0.25, 0.3) is 0 Å². The maximum Gasteiger partial charge on any atom is 0.345 e. The van der Waals surface area contributed by atoms with Crippen LogP contribution >= 0.6 is 11.6 Å². The van der Waals surface area contributed by atoms with Crippen LogP contribution in [0, 0.1) is 10.8 Å². The van der Waals surface area contributed by atoms with Crippen LogP contribution in [0.2, 0.25) is 0 Å². The van der Waals surface area contributed by atoms with Gasteiger partial charge in [-0.05, 0) is 12.5 Å². The molecule has 2 heterocycles. The van der Waals surface area contributed by atoms with Crippen molar-refractivity contribution in [2.24, 2.45) is 11.2 Å². The summed E-state index contributed by atoms with van der Waals surface area (Å²) in [7, 11) is 0. The highest BCUT2D eigenvalue weighted by molar-refractivity contribution is 6.18. The van der Waals surface area contributed by atoms with Gasteiger partial charge in [-0.3, -0.25) is 4.90 Å². The Bertz CT molecular complexity index is 963. The first-order chi connectivity index (χ1) is 19.6. The number of hydrogen-bond donors (Lipinski definition) is 7. The highest BCUT2D eigenvalue weighted by atomic mass is 35.5. The highest BCUT2D eigenvalue weighted by Crippen LogP contribution is 2.34. The Morgan fingerprint density at radius 3 is 2.15 bits per heavy atom. The summed E-state index contributed by atoms with van der Waals surface area (Å²) >= 11 is 5.73. The lowest BCUT2D eigenvalue weighted by Gasteiger charge is -2.48. The van der Waals surface area contributed by atoms with E-state index in [0.29, 0.717) is 10.6 Å². The van der Waals surface area contributed by atoms with Gasteiger partial charge in [0.15, 0.2) is 6.23 Å². The highest BCUT2D eigenvalue weighted by Gasteiger charge is 2.50. The number of urea groups is 1. The maximum atomic E-state index is 13.4. The smallest absolute Gasteiger partial charge is 0.345 e. The minimum atomic E-state index is -1.72. The summed E-state index contributed by atoms with van der Waals surface area (Å²) < 4.78 is 16.9. The van der Waals surface area contributed by atoms with Crippen molar-refractivity contribution in [2.75, 3.05) is 38.9 Å². The number of nitrogens with zero attached hydrogens (tertiary/aromatic N) is 3. The largest absolute Gasteiger partial charge is 0.394 e. The van der Waals surface area contributed by atoms with E-state index in [1.807, 2.05) is 0 Å². The second-order valence-corrected chi connectivity index (χ2v) is 10.3. The third kappa shape index (κ3) is 7.50. The summed E-state index contributed by atoms with van der Waals surface area (Å²) in [6, 6.07) is 6.94. The van der Waals surface area contributed by atoms with E-state index in [4.69, 9.17) is 25.8 Å². The lowest BCUT2D eigenvalue weighted by atomic mass is 9.88. The van der Waals surface area contributed by atoms with Gasteiger partial charge >= 0.3 is 6.03 Å². The number of rotatable bonds is 12. The zero-order valence-electron chi connectivity index (χ0n) is 22.4. The van der Waals surface area contributed by atoms with E-state index in [9.17, 15) is 45.4 Å². The van der Waals surface area contributed by atoms with Crippen LogP contribution in [0.25, 0.3) is 0 Å². The zero-order chi connectivity index (χ0) is 30.3. The Labute approximate surface area is 241 Å². The molecule has 1 aromatic carbocycles. The Kier molecular flexibility index (Phi) is 12.6. The van der Waals surface area contributed by atoms with Crippen LogP contribution in [-0.4, -0.2) is 146 Å². The van der Waals surface area contributed by atoms with E-state index >= 15 is 0 Å². The molecule has 7 N–H and O–H groups in total. The Balaban J connectivity index is 1.78. The summed E-state index contributed by atoms with van der Waals surface area (Å²) in [6.07, 6.45) is -12.9. The van der Waals surface area contributed by atoms with Crippen LogP contribution in [0.5, 0.6) is 0 Å². The molecule has 0 spiro atoms. The summed E-state index contributed by atoms with van der Waals surface area (Å²) in [4.78, 5) is 25.9. The van der Waals surface area contributed by atoms with Gasteiger partial charge in [-0.15, -0.1) is 16.5 Å². The lowest BCUT2D eigenvalue weighted by Crippen LogP contribution is -2.64. The van der Waals surface area contributed by atoms with Crippen LogP contribution in [-0.2, 0) is 14.2 Å². The molecule has 0 bridgehead atoms. The predicted molar refractivity (Wildman–Crippen MR) is 141 cm³/mol. The van der Waals surface area contributed by atoms with Crippen LogP contribution in [0.15, 0.2) is 35.6 Å². The van der Waals surface area contributed by atoms with Gasteiger partial charge in [0, 0.05) is 11.8 Å². The Hall–Kier alpha value is -2.02. The second kappa shape index (κ2) is 15.5. The van der Waals surface area contributed by atoms with Crippen molar-refractivity contribution in [3.63, 3.8) is 0 Å². The zero-order valence-corrected chi connectivity index (χ0v) is 23.1. The van der Waals surface area contributed by atoms with E-state index in [-0.39, 0.29) is 25.6 Å². The molecular weight excluding hydrogens is 570 g/mol. The molecule has 2 saturated heterocycles. The van der Waals surface area contributed by atoms with Crippen molar-refractivity contribution in [1.29, 1.82) is 0 Å². The fourth-order valence-corrected chi connectivity index (χ4v) is 5.19. The number of benzene rings is 1. The number of alkyl halides is 1. The van der Waals surface area contributed by atoms with Crippen LogP contribution in [0.4, 0.5) is 4.79 Å². The summed E-state index contributed by atoms with van der Waals surface area (Å²) in [5.41, 5.74) is 0.619. The van der Waals surface area contributed by atoms with Gasteiger partial charge < -0.3 is 50.0 Å². The lowest BCUT2D eigenvalue weighted by molar-refractivity contribution is -0.261. The Morgan fingerprint density at radius 2 is 1.56 bits per heavy atom. The third-order valence-electron chi connectivity index (χ3n) is 7.45. The van der Waals surface area contributed by atoms with E-state index in [1.54, 1.807) is 37.3 Å². The van der Waals surface area contributed by atoms with E-state index in [2.05, 4.69) is 5.29 Å².